The number of carbonyl (C=O) groups is 1. The van der Waals surface area contributed by atoms with Crippen LogP contribution < -0.4 is 0 Å². The molecule has 0 bridgehead atoms. The fourth-order valence-electron chi connectivity index (χ4n) is 0.309. The number of hydrogen-bond acceptors (Lipinski definition) is 3. The molecule has 0 aliphatic carbocycles. The summed E-state index contributed by atoms with van der Waals surface area (Å²) < 4.78 is 9.26. The Labute approximate surface area is 494 Å². The molecule has 0 heterocycles. The molecule has 17 heteroatoms. The maximum absolute atomic E-state index is 10.4. The van der Waals surface area contributed by atoms with Gasteiger partial charge in [-0.3, -0.25) is 11.2 Å². The van der Waals surface area contributed by atoms with Crippen LogP contribution in [0.1, 0.15) is 6.92 Å². The van der Waals surface area contributed by atoms with Gasteiger partial charge >= 0.3 is 0 Å². The van der Waals surface area contributed by atoms with E-state index in [1.807, 2.05) is 0 Å². The summed E-state index contributed by atoms with van der Waals surface area (Å²) >= 11 is 0. The van der Waals surface area contributed by atoms with E-state index in [1.54, 1.807) is 14.0 Å². The number of hydrogen-bond donors (Lipinski definition) is 0. The average molecular weight is 1380 g/mol. The molecule has 0 saturated heterocycles. The number of rotatable bonds is 4. The van der Waals surface area contributed by atoms with E-state index >= 15 is 0 Å². The van der Waals surface area contributed by atoms with E-state index in [0.29, 0.717) is 13.2 Å². The summed E-state index contributed by atoms with van der Waals surface area (Å²) in [5.74, 6) is -0.299. The SMILES string of the molecule is C[CH-]C(=O)OCCOC.[Y].[Y].[Y].[Y].[Y].[Y].[Y].[Y].[Y].[Y].[Y].[Y].[Y].[Y]. The van der Waals surface area contributed by atoms with Gasteiger partial charge in [0.1, 0.15) is 6.61 Å². The second-order valence-corrected chi connectivity index (χ2v) is 1.45. The van der Waals surface area contributed by atoms with Crippen molar-refractivity contribution in [1.29, 1.82) is 0 Å². The van der Waals surface area contributed by atoms with Crippen LogP contribution in [-0.2, 0) is 472 Å². The van der Waals surface area contributed by atoms with Gasteiger partial charge in [-0.25, -0.2) is 0 Å². The van der Waals surface area contributed by atoms with Crippen molar-refractivity contribution in [1.82, 2.24) is 0 Å². The fraction of sp³-hybridized carbons (Fsp3) is 0.667. The molecule has 0 aliphatic rings. The molecule has 23 heavy (non-hydrogen) atoms. The van der Waals surface area contributed by atoms with Crippen LogP contribution in [0.15, 0.2) is 0 Å². The van der Waals surface area contributed by atoms with Crippen LogP contribution in [-0.4, -0.2) is 26.3 Å². The quantitative estimate of drug-likeness (QED) is 0.232. The van der Waals surface area contributed by atoms with Crippen molar-refractivity contribution < 1.29 is 472 Å². The topological polar surface area (TPSA) is 35.5 Å². The molecule has 0 spiro atoms. The van der Waals surface area contributed by atoms with Crippen LogP contribution >= 0.6 is 0 Å². The van der Waals surface area contributed by atoms with Crippen LogP contribution in [0, 0.1) is 6.42 Å². The first-order valence-electron chi connectivity index (χ1n) is 2.76. The molecular weight excluding hydrogens is 1360 g/mol. The monoisotopic (exact) mass is 1380 g/mol. The van der Waals surface area contributed by atoms with Gasteiger partial charge in [-0.2, -0.15) is 6.92 Å². The summed E-state index contributed by atoms with van der Waals surface area (Å²) in [7, 11) is 1.56. The van der Waals surface area contributed by atoms with E-state index in [4.69, 9.17) is 0 Å². The summed E-state index contributed by atoms with van der Waals surface area (Å²) in [6, 6.07) is 0. The van der Waals surface area contributed by atoms with Crippen LogP contribution in [0.2, 0.25) is 0 Å². The summed E-state index contributed by atoms with van der Waals surface area (Å²) in [6.45, 7) is 2.42. The first-order chi connectivity index (χ1) is 4.31. The van der Waals surface area contributed by atoms with Gasteiger partial charge in [0.25, 0.3) is 0 Å². The van der Waals surface area contributed by atoms with Gasteiger partial charge in [-0.15, -0.1) is 0 Å². The number of methoxy groups -OCH3 is 1. The van der Waals surface area contributed by atoms with E-state index in [2.05, 4.69) is 9.47 Å². The minimum absolute atomic E-state index is 0. The van der Waals surface area contributed by atoms with Crippen molar-refractivity contribution in [3.05, 3.63) is 6.42 Å². The molecule has 0 aromatic heterocycles. The Morgan fingerprint density at radius 2 is 0.913 bits per heavy atom. The van der Waals surface area contributed by atoms with Crippen molar-refractivity contribution in [2.45, 2.75) is 6.92 Å². The minimum atomic E-state index is -0.299. The molecule has 0 N–H and O–H groups in total. The smallest absolute Gasteiger partial charge is 0.167 e. The van der Waals surface area contributed by atoms with E-state index < -0.39 is 0 Å². The van der Waals surface area contributed by atoms with Gasteiger partial charge in [0.15, 0.2) is 5.97 Å². The van der Waals surface area contributed by atoms with Gasteiger partial charge in [0, 0.05) is 465 Å². The first kappa shape index (κ1) is 98.5. The molecule has 0 aromatic rings. The third-order valence-electron chi connectivity index (χ3n) is 0.767. The Balaban J connectivity index is -0.00000000352. The van der Waals surface area contributed by atoms with Crippen molar-refractivity contribution in [3.63, 3.8) is 0 Å². The zero-order chi connectivity index (χ0) is 7.11. The van der Waals surface area contributed by atoms with Gasteiger partial charge in [0.05, 0.1) is 6.61 Å². The Bertz CT molecular complexity index is 103. The van der Waals surface area contributed by atoms with Crippen LogP contribution in [0.3, 0.4) is 0 Å². The van der Waals surface area contributed by atoms with E-state index in [0.717, 1.165) is 0 Å². The average Bonchev–Trinajstić information content (AvgIpc) is 1.89. The Hall–Kier alpha value is 14.8. The van der Waals surface area contributed by atoms with E-state index in [-0.39, 0.29) is 464 Å². The first-order valence-corrected chi connectivity index (χ1v) is 2.76. The van der Waals surface area contributed by atoms with Gasteiger partial charge < -0.3 is 9.47 Å². The molecule has 0 aromatic carbocycles. The molecule has 0 atom stereocenters. The number of esters is 1. The van der Waals surface area contributed by atoms with Crippen molar-refractivity contribution in [3.8, 4) is 0 Å². The van der Waals surface area contributed by atoms with E-state index in [9.17, 15) is 4.79 Å². The fourth-order valence-corrected chi connectivity index (χ4v) is 0.309. The van der Waals surface area contributed by atoms with Crippen LogP contribution in [0.4, 0.5) is 0 Å². The molecule has 0 fully saturated rings. The van der Waals surface area contributed by atoms with Crippen LogP contribution in [0.5, 0.6) is 0 Å². The molecular formula is C6H11O3Y14-. The zero-order valence-electron chi connectivity index (χ0n) is 13.8. The summed E-state index contributed by atoms with van der Waals surface area (Å²) in [4.78, 5) is 10.4. The molecule has 0 saturated carbocycles. The normalized spacial score (nSPS) is 3.39. The molecule has 3 nitrogen and oxygen atoms in total. The third-order valence-corrected chi connectivity index (χ3v) is 0.767. The Kier molecular flexibility index (Phi) is 389. The standard InChI is InChI=1S/C6H11O3.14Y/c1-3-6(7)9-5-4-8-2;;;;;;;;;;;;;;/h3H,4-5H2,1-2H3;;;;;;;;;;;;;;/q-1;;;;;;;;;;;;;;. The van der Waals surface area contributed by atoms with E-state index in [1.165, 1.54) is 6.42 Å². The molecule has 0 unspecified atom stereocenters. The third kappa shape index (κ3) is 93.8. The molecule has 0 amide bonds. The summed E-state index contributed by atoms with van der Waals surface area (Å²) in [5.41, 5.74) is 0. The maximum atomic E-state index is 10.4. The summed E-state index contributed by atoms with van der Waals surface area (Å²) in [6.07, 6.45) is 1.37. The number of ether oxygens (including phenoxy) is 2. The van der Waals surface area contributed by atoms with Crippen molar-refractivity contribution in [2.75, 3.05) is 20.3 Å². The second-order valence-electron chi connectivity index (χ2n) is 1.45. The Morgan fingerprint density at radius 3 is 1.09 bits per heavy atom. The maximum Gasteiger partial charge on any atom is 0.167 e. The largest absolute Gasteiger partial charge is 0.486 e. The predicted octanol–water partition coefficient (Wildman–Crippen LogP) is 0.365. The van der Waals surface area contributed by atoms with Gasteiger partial charge in [-0.1, -0.05) is 0 Å². The van der Waals surface area contributed by atoms with Crippen molar-refractivity contribution >= 4 is 5.97 Å². The molecule has 96 valence electrons. The molecule has 0 aliphatic heterocycles. The van der Waals surface area contributed by atoms with Crippen molar-refractivity contribution in [2.24, 2.45) is 0 Å². The Morgan fingerprint density at radius 1 is 0.652 bits per heavy atom. The minimum Gasteiger partial charge on any atom is -0.486 e. The zero-order valence-corrected chi connectivity index (χ0v) is 53.5. The predicted molar refractivity (Wildman–Crippen MR) is 32.8 cm³/mol. The molecule has 0 rings (SSSR count). The van der Waals surface area contributed by atoms with Gasteiger partial charge in [0.2, 0.25) is 0 Å². The molecule has 14 radical (unpaired) electrons. The van der Waals surface area contributed by atoms with Gasteiger partial charge in [-0.05, 0) is 0 Å². The van der Waals surface area contributed by atoms with Crippen LogP contribution in [0.25, 0.3) is 0 Å². The number of carbonyl (C=O) groups excluding carboxylic acids is 1. The second kappa shape index (κ2) is 90.7. The summed E-state index contributed by atoms with van der Waals surface area (Å²) in [5, 5.41) is 0.